The molecule has 1 fully saturated rings. The zero-order valence-electron chi connectivity index (χ0n) is 12.4. The van der Waals surface area contributed by atoms with Crippen LogP contribution in [0.1, 0.15) is 66.2 Å². The maximum absolute atomic E-state index is 5.96. The van der Waals surface area contributed by atoms with Gasteiger partial charge in [-0.15, -0.1) is 0 Å². The first kappa shape index (κ1) is 15.0. The summed E-state index contributed by atoms with van der Waals surface area (Å²) in [6.45, 7) is 10.4. The molecule has 1 atom stereocenters. The second-order valence-corrected chi connectivity index (χ2v) is 6.35. The van der Waals surface area contributed by atoms with Crippen LogP contribution < -0.4 is 5.32 Å². The van der Waals surface area contributed by atoms with Gasteiger partial charge in [0.05, 0.1) is 5.60 Å². The van der Waals surface area contributed by atoms with Gasteiger partial charge < -0.3 is 10.1 Å². The summed E-state index contributed by atoms with van der Waals surface area (Å²) in [6.07, 6.45) is 7.32. The van der Waals surface area contributed by atoms with Crippen LogP contribution in [-0.4, -0.2) is 25.3 Å². The van der Waals surface area contributed by atoms with Crippen LogP contribution in [0.2, 0.25) is 0 Å². The van der Waals surface area contributed by atoms with Crippen molar-refractivity contribution in [3.8, 4) is 0 Å². The molecule has 1 aliphatic carbocycles. The standard InChI is InChI=1S/C15H31NO/c1-6-12-16-13(7-2)15(17-5)10-8-14(3,4)9-11-15/h13,16H,6-12H2,1-5H3. The lowest BCUT2D eigenvalue weighted by atomic mass is 9.68. The normalized spacial score (nSPS) is 24.5. The SMILES string of the molecule is CCCNC(CC)C1(OC)CCC(C)(C)CC1. The fourth-order valence-corrected chi connectivity index (χ4v) is 3.07. The largest absolute Gasteiger partial charge is 0.377 e. The Bertz CT molecular complexity index is 215. The first-order chi connectivity index (χ1) is 7.99. The van der Waals surface area contributed by atoms with Gasteiger partial charge in [0.25, 0.3) is 0 Å². The van der Waals surface area contributed by atoms with Crippen molar-refractivity contribution in [2.75, 3.05) is 13.7 Å². The van der Waals surface area contributed by atoms with Crippen molar-refractivity contribution in [3.63, 3.8) is 0 Å². The number of hydrogen-bond donors (Lipinski definition) is 1. The van der Waals surface area contributed by atoms with Crippen LogP contribution in [0.4, 0.5) is 0 Å². The summed E-state index contributed by atoms with van der Waals surface area (Å²) in [5.41, 5.74) is 0.588. The van der Waals surface area contributed by atoms with E-state index in [1.165, 1.54) is 32.1 Å². The van der Waals surface area contributed by atoms with Gasteiger partial charge in [-0.05, 0) is 50.5 Å². The minimum absolute atomic E-state index is 0.0828. The third-order valence-corrected chi connectivity index (χ3v) is 4.54. The van der Waals surface area contributed by atoms with E-state index in [-0.39, 0.29) is 5.60 Å². The molecule has 0 spiro atoms. The van der Waals surface area contributed by atoms with E-state index >= 15 is 0 Å². The topological polar surface area (TPSA) is 21.3 Å². The smallest absolute Gasteiger partial charge is 0.0831 e. The Kier molecular flexibility index (Phi) is 5.46. The predicted octanol–water partition coefficient (Wildman–Crippen LogP) is 3.75. The molecule has 1 unspecified atom stereocenters. The molecule has 0 aromatic rings. The molecule has 0 amide bonds. The molecule has 1 rings (SSSR count). The number of ether oxygens (including phenoxy) is 1. The van der Waals surface area contributed by atoms with E-state index in [1.54, 1.807) is 0 Å². The van der Waals surface area contributed by atoms with Crippen LogP contribution in [0.15, 0.2) is 0 Å². The molecule has 1 aliphatic rings. The third-order valence-electron chi connectivity index (χ3n) is 4.54. The average molecular weight is 241 g/mol. The number of methoxy groups -OCH3 is 1. The minimum Gasteiger partial charge on any atom is -0.377 e. The number of nitrogens with one attached hydrogen (secondary N) is 1. The lowest BCUT2D eigenvalue weighted by Gasteiger charge is -2.47. The second kappa shape index (κ2) is 6.19. The Morgan fingerprint density at radius 3 is 2.12 bits per heavy atom. The van der Waals surface area contributed by atoms with Crippen LogP contribution >= 0.6 is 0 Å². The molecule has 1 saturated carbocycles. The summed E-state index contributed by atoms with van der Waals surface area (Å²) in [5.74, 6) is 0. The van der Waals surface area contributed by atoms with Gasteiger partial charge in [-0.25, -0.2) is 0 Å². The second-order valence-electron chi connectivity index (χ2n) is 6.35. The zero-order chi connectivity index (χ0) is 12.9. The molecule has 0 aliphatic heterocycles. The molecular formula is C15H31NO. The molecule has 1 N–H and O–H groups in total. The van der Waals surface area contributed by atoms with Gasteiger partial charge in [0, 0.05) is 13.2 Å². The lowest BCUT2D eigenvalue weighted by molar-refractivity contribution is -0.0868. The Morgan fingerprint density at radius 1 is 1.12 bits per heavy atom. The Balaban J connectivity index is 2.67. The molecule has 102 valence electrons. The van der Waals surface area contributed by atoms with E-state index in [4.69, 9.17) is 4.74 Å². The van der Waals surface area contributed by atoms with Crippen LogP contribution in [0.25, 0.3) is 0 Å². The molecule has 0 radical (unpaired) electrons. The van der Waals surface area contributed by atoms with E-state index in [9.17, 15) is 0 Å². The van der Waals surface area contributed by atoms with Crippen LogP contribution in [-0.2, 0) is 4.74 Å². The summed E-state index contributed by atoms with van der Waals surface area (Å²) in [4.78, 5) is 0. The van der Waals surface area contributed by atoms with Gasteiger partial charge in [0.15, 0.2) is 0 Å². The van der Waals surface area contributed by atoms with Gasteiger partial charge in [0.1, 0.15) is 0 Å². The molecule has 0 bridgehead atoms. The third kappa shape index (κ3) is 3.69. The molecule has 0 aromatic heterocycles. The maximum Gasteiger partial charge on any atom is 0.0831 e. The van der Waals surface area contributed by atoms with E-state index in [2.05, 4.69) is 33.0 Å². The number of rotatable bonds is 6. The van der Waals surface area contributed by atoms with Gasteiger partial charge in [0.2, 0.25) is 0 Å². The molecule has 0 aromatic carbocycles. The highest BCUT2D eigenvalue weighted by molar-refractivity contribution is 4.98. The highest BCUT2D eigenvalue weighted by atomic mass is 16.5. The monoisotopic (exact) mass is 241 g/mol. The van der Waals surface area contributed by atoms with E-state index in [0.29, 0.717) is 11.5 Å². The molecule has 0 heterocycles. The molecule has 17 heavy (non-hydrogen) atoms. The van der Waals surface area contributed by atoms with Crippen LogP contribution in [0.5, 0.6) is 0 Å². The van der Waals surface area contributed by atoms with Crippen LogP contribution in [0, 0.1) is 5.41 Å². The number of hydrogen-bond acceptors (Lipinski definition) is 2. The fourth-order valence-electron chi connectivity index (χ4n) is 3.07. The quantitative estimate of drug-likeness (QED) is 0.764. The van der Waals surface area contributed by atoms with Crippen molar-refractivity contribution in [2.45, 2.75) is 77.9 Å². The highest BCUT2D eigenvalue weighted by Crippen LogP contribution is 2.43. The first-order valence-corrected chi connectivity index (χ1v) is 7.28. The Hall–Kier alpha value is -0.0800. The van der Waals surface area contributed by atoms with E-state index in [1.807, 2.05) is 7.11 Å². The van der Waals surface area contributed by atoms with Crippen molar-refractivity contribution in [2.24, 2.45) is 5.41 Å². The molecule has 2 heteroatoms. The predicted molar refractivity (Wildman–Crippen MR) is 74.4 cm³/mol. The summed E-state index contributed by atoms with van der Waals surface area (Å²) < 4.78 is 5.96. The summed E-state index contributed by atoms with van der Waals surface area (Å²) in [6, 6.07) is 0.517. The van der Waals surface area contributed by atoms with Gasteiger partial charge in [-0.3, -0.25) is 0 Å². The van der Waals surface area contributed by atoms with Crippen molar-refractivity contribution in [3.05, 3.63) is 0 Å². The zero-order valence-corrected chi connectivity index (χ0v) is 12.4. The Morgan fingerprint density at radius 2 is 1.71 bits per heavy atom. The fraction of sp³-hybridized carbons (Fsp3) is 1.00. The van der Waals surface area contributed by atoms with Crippen molar-refractivity contribution in [1.29, 1.82) is 0 Å². The first-order valence-electron chi connectivity index (χ1n) is 7.28. The summed E-state index contributed by atoms with van der Waals surface area (Å²) in [5, 5.41) is 3.68. The van der Waals surface area contributed by atoms with Crippen LogP contribution in [0.3, 0.4) is 0 Å². The molecular weight excluding hydrogens is 210 g/mol. The lowest BCUT2D eigenvalue weighted by Crippen LogP contribution is -2.54. The highest BCUT2D eigenvalue weighted by Gasteiger charge is 2.43. The van der Waals surface area contributed by atoms with E-state index in [0.717, 1.165) is 13.0 Å². The van der Waals surface area contributed by atoms with Gasteiger partial charge in [-0.2, -0.15) is 0 Å². The minimum atomic E-state index is 0.0828. The molecule has 2 nitrogen and oxygen atoms in total. The van der Waals surface area contributed by atoms with E-state index < -0.39 is 0 Å². The van der Waals surface area contributed by atoms with Gasteiger partial charge >= 0.3 is 0 Å². The van der Waals surface area contributed by atoms with Crippen molar-refractivity contribution in [1.82, 2.24) is 5.32 Å². The molecule has 0 saturated heterocycles. The summed E-state index contributed by atoms with van der Waals surface area (Å²) >= 11 is 0. The maximum atomic E-state index is 5.96. The average Bonchev–Trinajstić information content (AvgIpc) is 2.32. The Labute approximate surface area is 108 Å². The van der Waals surface area contributed by atoms with Crippen molar-refractivity contribution >= 4 is 0 Å². The van der Waals surface area contributed by atoms with Crippen molar-refractivity contribution < 1.29 is 4.74 Å². The van der Waals surface area contributed by atoms with Gasteiger partial charge in [-0.1, -0.05) is 27.7 Å². The summed E-state index contributed by atoms with van der Waals surface area (Å²) in [7, 11) is 1.90.